The summed E-state index contributed by atoms with van der Waals surface area (Å²) in [4.78, 5) is 0. The lowest BCUT2D eigenvalue weighted by molar-refractivity contribution is 0.0574. The van der Waals surface area contributed by atoms with Crippen molar-refractivity contribution in [2.45, 2.75) is 91.1 Å². The molecule has 2 radical (unpaired) electrons. The molecule has 1 heterocycles. The van der Waals surface area contributed by atoms with Crippen molar-refractivity contribution < 1.29 is 27.4 Å². The van der Waals surface area contributed by atoms with E-state index in [1.165, 1.54) is 0 Å². The van der Waals surface area contributed by atoms with E-state index >= 15 is 0 Å². The average Bonchev–Trinajstić information content (AvgIpc) is 3.00. The first-order chi connectivity index (χ1) is 14.2. The molecule has 30 heavy (non-hydrogen) atoms. The summed E-state index contributed by atoms with van der Waals surface area (Å²) in [5.74, 6) is 0. The lowest BCUT2D eigenvalue weighted by Gasteiger charge is -2.37. The molecule has 1 saturated heterocycles. The Morgan fingerprint density at radius 2 is 1.83 bits per heavy atom. The van der Waals surface area contributed by atoms with Gasteiger partial charge < -0.3 is 22.8 Å². The van der Waals surface area contributed by atoms with Crippen LogP contribution >= 0.6 is 16.1 Å². The normalized spacial score (nSPS) is 23.4. The second-order valence-electron chi connectivity index (χ2n) is 7.61. The number of nitriles is 1. The molecule has 1 aliphatic rings. The summed E-state index contributed by atoms with van der Waals surface area (Å²) >= 11 is 0. The third kappa shape index (κ3) is 9.22. The molecule has 1 aliphatic heterocycles. The van der Waals surface area contributed by atoms with Gasteiger partial charge in [0.2, 0.25) is 0 Å². The van der Waals surface area contributed by atoms with Crippen LogP contribution in [0.2, 0.25) is 0 Å². The lowest BCUT2D eigenvalue weighted by Crippen LogP contribution is -2.36. The van der Waals surface area contributed by atoms with Crippen LogP contribution in [0.4, 0.5) is 0 Å². The van der Waals surface area contributed by atoms with Gasteiger partial charge in [0, 0.05) is 24.5 Å². The molecule has 0 aliphatic carbocycles. The van der Waals surface area contributed by atoms with Crippen LogP contribution in [0.25, 0.3) is 0 Å². The average molecular weight is 462 g/mol. The van der Waals surface area contributed by atoms with Gasteiger partial charge in [-0.3, -0.25) is 4.57 Å². The predicted octanol–water partition coefficient (Wildman–Crippen LogP) is 4.59. The van der Waals surface area contributed by atoms with Crippen molar-refractivity contribution in [2.24, 2.45) is 0 Å². The van der Waals surface area contributed by atoms with Gasteiger partial charge in [-0.2, -0.15) is 5.26 Å². The Morgan fingerprint density at radius 3 is 2.33 bits per heavy atom. The van der Waals surface area contributed by atoms with Gasteiger partial charge in [0.25, 0.3) is 8.53 Å². The van der Waals surface area contributed by atoms with E-state index in [2.05, 4.69) is 38.4 Å². The van der Waals surface area contributed by atoms with E-state index in [9.17, 15) is 4.57 Å². The van der Waals surface area contributed by atoms with Crippen LogP contribution in [0, 0.1) is 11.3 Å². The molecule has 8 nitrogen and oxygen atoms in total. The van der Waals surface area contributed by atoms with Crippen LogP contribution in [0.3, 0.4) is 0 Å². The van der Waals surface area contributed by atoms with Crippen LogP contribution in [-0.2, 0) is 27.4 Å². The van der Waals surface area contributed by atoms with E-state index in [0.717, 1.165) is 0 Å². The van der Waals surface area contributed by atoms with Gasteiger partial charge in [0.05, 0.1) is 50.7 Å². The summed E-state index contributed by atoms with van der Waals surface area (Å²) in [5, 5.41) is 8.84. The number of ether oxygens (including phenoxy) is 1. The highest BCUT2D eigenvalue weighted by Crippen LogP contribution is 2.51. The molecular weight excluding hydrogens is 425 g/mol. The Labute approximate surface area is 184 Å². The minimum atomic E-state index is -3.12. The monoisotopic (exact) mass is 462 g/mol. The zero-order chi connectivity index (χ0) is 22.7. The van der Waals surface area contributed by atoms with Gasteiger partial charge in [-0.25, -0.2) is 4.67 Å². The van der Waals surface area contributed by atoms with Crippen molar-refractivity contribution in [1.29, 1.82) is 5.26 Å². The van der Waals surface area contributed by atoms with Gasteiger partial charge in [0.15, 0.2) is 0 Å². The van der Waals surface area contributed by atoms with E-state index in [0.29, 0.717) is 39.1 Å². The summed E-state index contributed by atoms with van der Waals surface area (Å²) in [7, 11) is 1.67. The molecule has 0 N–H and O–H groups in total. The zero-order valence-electron chi connectivity index (χ0n) is 19.2. The third-order valence-corrected chi connectivity index (χ3v) is 8.74. The highest BCUT2D eigenvalue weighted by Gasteiger charge is 2.38. The summed E-state index contributed by atoms with van der Waals surface area (Å²) < 4.78 is 43.6. The highest BCUT2D eigenvalue weighted by molar-refractivity contribution is 7.53. The number of hydrogen-bond acceptors (Lipinski definition) is 8. The Balaban J connectivity index is 2.75. The number of rotatable bonds is 15. The highest BCUT2D eigenvalue weighted by atomic mass is 31.2. The SMILES string of the molecule is [B]C1OC(CCP(=O)(OCC)OCC)CC1OP(OCCC#N)N(C(C)C)C(C)C. The van der Waals surface area contributed by atoms with Crippen molar-refractivity contribution in [3.63, 3.8) is 0 Å². The van der Waals surface area contributed by atoms with Gasteiger partial charge in [-0.15, -0.1) is 0 Å². The maximum absolute atomic E-state index is 12.7. The van der Waals surface area contributed by atoms with Crippen LogP contribution in [0.1, 0.15) is 60.8 Å². The first kappa shape index (κ1) is 28.0. The summed E-state index contributed by atoms with van der Waals surface area (Å²) in [6.07, 6.45) is 1.12. The molecule has 0 aromatic carbocycles. The Hall–Kier alpha value is -0.0251. The summed E-state index contributed by atoms with van der Waals surface area (Å²) in [6.45, 7) is 12.9. The minimum absolute atomic E-state index is 0.193. The number of hydrogen-bond donors (Lipinski definition) is 0. The van der Waals surface area contributed by atoms with Crippen molar-refractivity contribution >= 4 is 24.0 Å². The summed E-state index contributed by atoms with van der Waals surface area (Å²) in [6, 6.07) is 1.90. The fourth-order valence-corrected chi connectivity index (χ4v) is 6.79. The fraction of sp³-hybridized carbons (Fsp3) is 0.947. The zero-order valence-corrected chi connectivity index (χ0v) is 20.9. The van der Waals surface area contributed by atoms with Crippen LogP contribution in [0.5, 0.6) is 0 Å². The van der Waals surface area contributed by atoms with E-state index in [-0.39, 0.29) is 30.5 Å². The smallest absolute Gasteiger partial charge is 0.330 e. The van der Waals surface area contributed by atoms with E-state index in [1.807, 2.05) is 0 Å². The molecule has 4 unspecified atom stereocenters. The van der Waals surface area contributed by atoms with E-state index in [4.69, 9.17) is 35.9 Å². The van der Waals surface area contributed by atoms with Crippen molar-refractivity contribution in [1.82, 2.24) is 4.67 Å². The fourth-order valence-electron chi connectivity index (χ4n) is 3.32. The van der Waals surface area contributed by atoms with Crippen LogP contribution in [0.15, 0.2) is 0 Å². The molecule has 1 rings (SSSR count). The lowest BCUT2D eigenvalue weighted by atomic mass is 9.94. The van der Waals surface area contributed by atoms with Crippen molar-refractivity contribution in [3.8, 4) is 6.07 Å². The standard InChI is InChI=1S/C19H37BN2O6P2/c1-7-25-30(23,26-8-2)13-10-17-14-18(19(20)27-17)28-29(24-12-9-11-21)22(15(3)4)16(5)6/h15-19H,7-10,12-14H2,1-6H3. The van der Waals surface area contributed by atoms with Crippen LogP contribution in [-0.4, -0.2) is 68.8 Å². The molecule has 0 saturated carbocycles. The molecule has 0 amide bonds. The number of nitrogens with zero attached hydrogens (tertiary/aromatic N) is 2. The van der Waals surface area contributed by atoms with Gasteiger partial charge in [-0.05, 0) is 48.0 Å². The summed E-state index contributed by atoms with van der Waals surface area (Å²) in [5.41, 5.74) is 0. The largest absolute Gasteiger partial charge is 0.382 e. The Morgan fingerprint density at radius 1 is 1.23 bits per heavy atom. The maximum atomic E-state index is 12.7. The van der Waals surface area contributed by atoms with Crippen molar-refractivity contribution in [2.75, 3.05) is 26.0 Å². The van der Waals surface area contributed by atoms with Gasteiger partial charge in [0.1, 0.15) is 7.85 Å². The van der Waals surface area contributed by atoms with Crippen LogP contribution < -0.4 is 0 Å². The first-order valence-electron chi connectivity index (χ1n) is 10.7. The molecular formula is C19H37BN2O6P2. The Kier molecular flexibility index (Phi) is 13.2. The van der Waals surface area contributed by atoms with Gasteiger partial charge in [-0.1, -0.05) is 0 Å². The third-order valence-electron chi connectivity index (χ3n) is 4.48. The first-order valence-corrected chi connectivity index (χ1v) is 13.6. The molecule has 11 heteroatoms. The maximum Gasteiger partial charge on any atom is 0.330 e. The van der Waals surface area contributed by atoms with E-state index in [1.54, 1.807) is 13.8 Å². The second-order valence-corrected chi connectivity index (χ2v) is 11.2. The molecule has 0 aromatic heterocycles. The molecule has 0 bridgehead atoms. The van der Waals surface area contributed by atoms with E-state index < -0.39 is 22.1 Å². The molecule has 4 atom stereocenters. The quantitative estimate of drug-likeness (QED) is 0.198. The predicted molar refractivity (Wildman–Crippen MR) is 119 cm³/mol. The topological polar surface area (TPSA) is 90.3 Å². The Bertz CT molecular complexity index is 560. The van der Waals surface area contributed by atoms with Crippen molar-refractivity contribution in [3.05, 3.63) is 0 Å². The molecule has 0 aromatic rings. The molecule has 1 fully saturated rings. The van der Waals surface area contributed by atoms with Gasteiger partial charge >= 0.3 is 7.60 Å². The molecule has 172 valence electrons. The second kappa shape index (κ2) is 14.2. The minimum Gasteiger partial charge on any atom is -0.382 e. The molecule has 0 spiro atoms.